The maximum atomic E-state index is 5.84. The first-order valence-electron chi connectivity index (χ1n) is 6.44. The Morgan fingerprint density at radius 2 is 1.94 bits per heavy atom. The molecular formula is C14H18N2O2. The summed E-state index contributed by atoms with van der Waals surface area (Å²) >= 11 is 0. The van der Waals surface area contributed by atoms with Crippen LogP contribution in [0, 0.1) is 0 Å². The second kappa shape index (κ2) is 5.31. The molecule has 0 unspecified atom stereocenters. The lowest BCUT2D eigenvalue weighted by Crippen LogP contribution is -2.43. The third-order valence-corrected chi connectivity index (χ3v) is 3.25. The first kappa shape index (κ1) is 11.4. The third-order valence-electron chi connectivity index (χ3n) is 3.25. The molecule has 1 aromatic rings. The van der Waals surface area contributed by atoms with Crippen LogP contribution >= 0.6 is 0 Å². The Kier molecular flexibility index (Phi) is 3.37. The highest BCUT2D eigenvalue weighted by Crippen LogP contribution is 2.21. The van der Waals surface area contributed by atoms with Gasteiger partial charge in [-0.2, -0.15) is 0 Å². The number of hydrogen-bond donors (Lipinski definition) is 1. The Bertz CT molecular complexity index is 413. The zero-order chi connectivity index (χ0) is 12.2. The molecule has 96 valence electrons. The number of ether oxygens (including phenoxy) is 2. The van der Waals surface area contributed by atoms with Gasteiger partial charge >= 0.3 is 0 Å². The van der Waals surface area contributed by atoms with Crippen molar-refractivity contribution in [1.82, 2.24) is 10.2 Å². The van der Waals surface area contributed by atoms with E-state index in [1.54, 1.807) is 6.26 Å². The first-order chi connectivity index (χ1) is 8.92. The van der Waals surface area contributed by atoms with E-state index in [9.17, 15) is 0 Å². The Morgan fingerprint density at radius 1 is 1.17 bits per heavy atom. The monoisotopic (exact) mass is 246 g/mol. The minimum absolute atomic E-state index is 0.183. The fraction of sp³-hybridized carbons (Fsp3) is 0.429. The summed E-state index contributed by atoms with van der Waals surface area (Å²) in [7, 11) is 0. The van der Waals surface area contributed by atoms with E-state index in [1.807, 2.05) is 18.2 Å². The van der Waals surface area contributed by atoms with Gasteiger partial charge in [-0.25, -0.2) is 0 Å². The Balaban J connectivity index is 1.54. The normalized spacial score (nSPS) is 23.2. The van der Waals surface area contributed by atoms with Gasteiger partial charge in [0.2, 0.25) is 12.2 Å². The lowest BCUT2D eigenvalue weighted by Gasteiger charge is -2.28. The summed E-state index contributed by atoms with van der Waals surface area (Å²) in [6.07, 6.45) is 2.35. The number of piperazine rings is 1. The van der Waals surface area contributed by atoms with Crippen molar-refractivity contribution >= 4 is 0 Å². The fourth-order valence-electron chi connectivity index (χ4n) is 2.25. The molecule has 0 aliphatic carbocycles. The molecule has 2 heterocycles. The summed E-state index contributed by atoms with van der Waals surface area (Å²) in [4.78, 5) is 2.22. The lowest BCUT2D eigenvalue weighted by molar-refractivity contribution is -0.0490. The van der Waals surface area contributed by atoms with Crippen LogP contribution in [0.3, 0.4) is 0 Å². The molecule has 4 heteroatoms. The summed E-state index contributed by atoms with van der Waals surface area (Å²) < 4.78 is 11.4. The molecule has 1 N–H and O–H groups in total. The van der Waals surface area contributed by atoms with Gasteiger partial charge < -0.3 is 19.7 Å². The molecule has 4 nitrogen and oxygen atoms in total. The van der Waals surface area contributed by atoms with Crippen molar-refractivity contribution in [2.75, 3.05) is 26.2 Å². The molecule has 3 rings (SSSR count). The molecule has 0 aromatic heterocycles. The van der Waals surface area contributed by atoms with E-state index >= 15 is 0 Å². The second-order valence-corrected chi connectivity index (χ2v) is 4.57. The highest BCUT2D eigenvalue weighted by atomic mass is 16.7. The first-order valence-corrected chi connectivity index (χ1v) is 6.44. The summed E-state index contributed by atoms with van der Waals surface area (Å²) in [6, 6.07) is 10.3. The van der Waals surface area contributed by atoms with Crippen molar-refractivity contribution in [2.45, 2.75) is 12.7 Å². The SMILES string of the molecule is C1=C(N2CCNCC2)O[C@@H](Cc2ccccc2)O1. The van der Waals surface area contributed by atoms with Crippen molar-refractivity contribution in [3.63, 3.8) is 0 Å². The molecule has 1 saturated heterocycles. The van der Waals surface area contributed by atoms with Crippen LogP contribution in [-0.2, 0) is 15.9 Å². The number of nitrogens with one attached hydrogen (secondary N) is 1. The Labute approximate surface area is 107 Å². The van der Waals surface area contributed by atoms with Gasteiger partial charge in [-0.05, 0) is 5.56 Å². The predicted octanol–water partition coefficient (Wildman–Crippen LogP) is 1.31. The van der Waals surface area contributed by atoms with Crippen molar-refractivity contribution in [1.29, 1.82) is 0 Å². The second-order valence-electron chi connectivity index (χ2n) is 4.57. The quantitative estimate of drug-likeness (QED) is 0.872. The van der Waals surface area contributed by atoms with Gasteiger partial charge in [0.05, 0.1) is 0 Å². The predicted molar refractivity (Wildman–Crippen MR) is 68.6 cm³/mol. The van der Waals surface area contributed by atoms with Crippen molar-refractivity contribution in [3.05, 3.63) is 48.0 Å². The molecule has 0 spiro atoms. The van der Waals surface area contributed by atoms with E-state index in [1.165, 1.54) is 5.56 Å². The minimum atomic E-state index is -0.183. The van der Waals surface area contributed by atoms with Crippen LogP contribution in [0.15, 0.2) is 42.5 Å². The van der Waals surface area contributed by atoms with Crippen LogP contribution in [0.4, 0.5) is 0 Å². The van der Waals surface area contributed by atoms with Gasteiger partial charge in [0, 0.05) is 32.6 Å². The van der Waals surface area contributed by atoms with E-state index in [2.05, 4.69) is 22.3 Å². The average Bonchev–Trinajstić information content (AvgIpc) is 2.89. The molecule has 1 aromatic carbocycles. The molecular weight excluding hydrogens is 228 g/mol. The standard InChI is InChI=1S/C14H18N2O2/c1-2-4-12(5-3-1)10-14-17-11-13(18-14)16-8-6-15-7-9-16/h1-5,11,14-15H,6-10H2/t14-/m0/s1. The van der Waals surface area contributed by atoms with E-state index in [-0.39, 0.29) is 6.29 Å². The van der Waals surface area contributed by atoms with Crippen molar-refractivity contribution < 1.29 is 9.47 Å². The highest BCUT2D eigenvalue weighted by molar-refractivity contribution is 5.15. The average molecular weight is 246 g/mol. The molecule has 0 radical (unpaired) electrons. The zero-order valence-electron chi connectivity index (χ0n) is 10.3. The largest absolute Gasteiger partial charge is 0.457 e. The third kappa shape index (κ3) is 2.59. The van der Waals surface area contributed by atoms with Crippen LogP contribution in [0.25, 0.3) is 0 Å². The summed E-state index contributed by atoms with van der Waals surface area (Å²) in [5, 5.41) is 3.32. The van der Waals surface area contributed by atoms with Crippen LogP contribution in [0.2, 0.25) is 0 Å². The van der Waals surface area contributed by atoms with Gasteiger partial charge in [-0.15, -0.1) is 0 Å². The van der Waals surface area contributed by atoms with Crippen molar-refractivity contribution in [2.24, 2.45) is 0 Å². The van der Waals surface area contributed by atoms with Crippen molar-refractivity contribution in [3.8, 4) is 0 Å². The number of hydrogen-bond acceptors (Lipinski definition) is 4. The van der Waals surface area contributed by atoms with E-state index < -0.39 is 0 Å². The number of benzene rings is 1. The molecule has 2 aliphatic rings. The molecule has 2 aliphatic heterocycles. The molecule has 0 saturated carbocycles. The van der Waals surface area contributed by atoms with E-state index in [0.29, 0.717) is 0 Å². The Hall–Kier alpha value is -1.68. The molecule has 1 fully saturated rings. The maximum Gasteiger partial charge on any atom is 0.246 e. The van der Waals surface area contributed by atoms with Crippen LogP contribution in [0.5, 0.6) is 0 Å². The highest BCUT2D eigenvalue weighted by Gasteiger charge is 2.24. The molecule has 1 atom stereocenters. The van der Waals surface area contributed by atoms with Gasteiger partial charge in [0.25, 0.3) is 0 Å². The smallest absolute Gasteiger partial charge is 0.246 e. The number of nitrogens with zero attached hydrogens (tertiary/aromatic N) is 1. The molecule has 0 bridgehead atoms. The zero-order valence-corrected chi connectivity index (χ0v) is 10.3. The van der Waals surface area contributed by atoms with Gasteiger partial charge in [-0.1, -0.05) is 30.3 Å². The fourth-order valence-corrected chi connectivity index (χ4v) is 2.25. The maximum absolute atomic E-state index is 5.84. The van der Waals surface area contributed by atoms with Gasteiger partial charge in [0.15, 0.2) is 0 Å². The number of rotatable bonds is 3. The van der Waals surface area contributed by atoms with Gasteiger partial charge in [-0.3, -0.25) is 0 Å². The minimum Gasteiger partial charge on any atom is -0.457 e. The van der Waals surface area contributed by atoms with Crippen LogP contribution < -0.4 is 5.32 Å². The molecule has 18 heavy (non-hydrogen) atoms. The summed E-state index contributed by atoms with van der Waals surface area (Å²) in [6.45, 7) is 3.97. The van der Waals surface area contributed by atoms with Crippen LogP contribution in [0.1, 0.15) is 5.56 Å². The Morgan fingerprint density at radius 3 is 2.72 bits per heavy atom. The lowest BCUT2D eigenvalue weighted by atomic mass is 10.1. The van der Waals surface area contributed by atoms with E-state index in [4.69, 9.17) is 9.47 Å². The van der Waals surface area contributed by atoms with Crippen LogP contribution in [-0.4, -0.2) is 37.4 Å². The summed E-state index contributed by atoms with van der Waals surface area (Å²) in [5.74, 6) is 0.873. The topological polar surface area (TPSA) is 33.7 Å². The summed E-state index contributed by atoms with van der Waals surface area (Å²) in [5.41, 5.74) is 1.23. The molecule has 0 amide bonds. The van der Waals surface area contributed by atoms with E-state index in [0.717, 1.165) is 38.5 Å². The van der Waals surface area contributed by atoms with Gasteiger partial charge in [0.1, 0.15) is 6.26 Å².